The van der Waals surface area contributed by atoms with Crippen LogP contribution in [0.4, 0.5) is 14.5 Å². The Morgan fingerprint density at radius 2 is 1.86 bits per heavy atom. The molecule has 0 saturated heterocycles. The summed E-state index contributed by atoms with van der Waals surface area (Å²) in [7, 11) is 0. The zero-order valence-corrected chi connectivity index (χ0v) is 15.3. The number of carbonyl (C=O) groups is 1. The summed E-state index contributed by atoms with van der Waals surface area (Å²) in [4.78, 5) is 18.0. The molecule has 2 aromatic carbocycles. The predicted molar refractivity (Wildman–Crippen MR) is 106 cm³/mol. The van der Waals surface area contributed by atoms with Gasteiger partial charge in [-0.05, 0) is 24.3 Å². The van der Waals surface area contributed by atoms with E-state index in [1.807, 2.05) is 30.3 Å². The molecule has 4 aromatic rings. The highest BCUT2D eigenvalue weighted by Gasteiger charge is 2.17. The van der Waals surface area contributed by atoms with Gasteiger partial charge in [0, 0.05) is 36.3 Å². The van der Waals surface area contributed by atoms with E-state index in [-0.39, 0.29) is 11.3 Å². The summed E-state index contributed by atoms with van der Waals surface area (Å²) in [5, 5.41) is 7.79. The Hall–Kier alpha value is -3.81. The zero-order valence-electron chi connectivity index (χ0n) is 15.3. The predicted octanol–water partition coefficient (Wildman–Crippen LogP) is 3.75. The lowest BCUT2D eigenvalue weighted by Crippen LogP contribution is -2.25. The average Bonchev–Trinajstić information content (AvgIpc) is 3.13. The largest absolute Gasteiger partial charge is 0.382 e. The fourth-order valence-electron chi connectivity index (χ4n) is 2.95. The number of hydrogen-bond donors (Lipinski definition) is 2. The highest BCUT2D eigenvalue weighted by atomic mass is 19.1. The van der Waals surface area contributed by atoms with E-state index in [9.17, 15) is 13.6 Å². The summed E-state index contributed by atoms with van der Waals surface area (Å²) in [6, 6.07) is 14.6. The molecule has 0 atom stereocenters. The molecule has 2 heterocycles. The van der Waals surface area contributed by atoms with Gasteiger partial charge in [0.05, 0.1) is 23.0 Å². The summed E-state index contributed by atoms with van der Waals surface area (Å²) >= 11 is 0. The maximum atomic E-state index is 14.2. The van der Waals surface area contributed by atoms with E-state index in [0.29, 0.717) is 24.5 Å². The third kappa shape index (κ3) is 4.06. The molecule has 0 bridgehead atoms. The minimum Gasteiger partial charge on any atom is -0.382 e. The number of hydrogen-bond acceptors (Lipinski definition) is 4. The first-order chi connectivity index (χ1) is 14.1. The number of rotatable bonds is 6. The number of amides is 1. The van der Waals surface area contributed by atoms with E-state index >= 15 is 0 Å². The van der Waals surface area contributed by atoms with Crippen molar-refractivity contribution in [3.05, 3.63) is 89.9 Å². The summed E-state index contributed by atoms with van der Waals surface area (Å²) in [6.07, 6.45) is 3.81. The Morgan fingerprint density at radius 3 is 2.69 bits per heavy atom. The van der Waals surface area contributed by atoms with Crippen molar-refractivity contribution < 1.29 is 13.6 Å². The van der Waals surface area contributed by atoms with Crippen LogP contribution >= 0.6 is 0 Å². The number of nitrogens with zero attached hydrogens (tertiary/aromatic N) is 3. The van der Waals surface area contributed by atoms with E-state index in [1.54, 1.807) is 24.5 Å². The molecule has 0 fully saturated rings. The van der Waals surface area contributed by atoms with E-state index in [2.05, 4.69) is 20.8 Å². The first kappa shape index (κ1) is 18.5. The van der Waals surface area contributed by atoms with Gasteiger partial charge in [0.1, 0.15) is 11.6 Å². The van der Waals surface area contributed by atoms with E-state index in [1.165, 1.54) is 4.79 Å². The van der Waals surface area contributed by atoms with Crippen LogP contribution in [-0.4, -0.2) is 27.3 Å². The molecule has 4 rings (SSSR count). The highest BCUT2D eigenvalue weighted by Crippen LogP contribution is 2.20. The molecule has 0 aliphatic rings. The Balaban J connectivity index is 1.50. The van der Waals surface area contributed by atoms with Crippen molar-refractivity contribution in [2.45, 2.75) is 6.42 Å². The topological polar surface area (TPSA) is 71.8 Å². The van der Waals surface area contributed by atoms with Gasteiger partial charge in [-0.25, -0.2) is 14.2 Å². The maximum Gasteiger partial charge on any atom is 0.274 e. The van der Waals surface area contributed by atoms with Crippen molar-refractivity contribution in [3.63, 3.8) is 0 Å². The van der Waals surface area contributed by atoms with Crippen LogP contribution in [0.25, 0.3) is 10.9 Å². The molecule has 2 N–H and O–H groups in total. The van der Waals surface area contributed by atoms with Crippen molar-refractivity contribution in [1.82, 2.24) is 14.9 Å². The number of nitrogens with one attached hydrogen (secondary N) is 2. The van der Waals surface area contributed by atoms with Crippen LogP contribution in [0.1, 0.15) is 16.1 Å². The number of anilines is 1. The third-order valence-corrected chi connectivity index (χ3v) is 4.41. The van der Waals surface area contributed by atoms with Gasteiger partial charge in [-0.2, -0.15) is 9.89 Å². The molecular weight excluding hydrogens is 376 g/mol. The van der Waals surface area contributed by atoms with Crippen LogP contribution in [0.3, 0.4) is 0 Å². The number of benzene rings is 2. The Labute approximate surface area is 165 Å². The van der Waals surface area contributed by atoms with Gasteiger partial charge in [-0.3, -0.25) is 9.78 Å². The first-order valence-electron chi connectivity index (χ1n) is 8.99. The molecule has 0 spiro atoms. The van der Waals surface area contributed by atoms with Gasteiger partial charge < -0.3 is 5.32 Å². The normalized spacial score (nSPS) is 10.8. The molecule has 6 nitrogen and oxygen atoms in total. The van der Waals surface area contributed by atoms with Gasteiger partial charge in [0.25, 0.3) is 5.91 Å². The molecule has 0 radical (unpaired) electrons. The fourth-order valence-corrected chi connectivity index (χ4v) is 2.95. The average molecular weight is 393 g/mol. The van der Waals surface area contributed by atoms with Crippen LogP contribution in [0.15, 0.2) is 67.0 Å². The van der Waals surface area contributed by atoms with Crippen LogP contribution in [0.5, 0.6) is 0 Å². The van der Waals surface area contributed by atoms with E-state index < -0.39 is 17.5 Å². The van der Waals surface area contributed by atoms with Gasteiger partial charge in [0.2, 0.25) is 0 Å². The van der Waals surface area contributed by atoms with Gasteiger partial charge >= 0.3 is 0 Å². The molecular formula is C21H17F2N5O. The summed E-state index contributed by atoms with van der Waals surface area (Å²) in [6.45, 7) is 0.379. The Morgan fingerprint density at radius 1 is 1.03 bits per heavy atom. The minimum absolute atomic E-state index is 0.0396. The number of fused-ring (bicyclic) bond motifs is 1. The first-order valence-corrected chi connectivity index (χ1v) is 8.99. The van der Waals surface area contributed by atoms with Crippen molar-refractivity contribution >= 4 is 22.5 Å². The number of carbonyl (C=O) groups excluding carboxylic acids is 1. The number of pyridine rings is 1. The van der Waals surface area contributed by atoms with Crippen LogP contribution < -0.4 is 10.7 Å². The quantitative estimate of drug-likeness (QED) is 0.523. The summed E-state index contributed by atoms with van der Waals surface area (Å²) in [5.74, 6) is -2.46. The Bertz CT molecular complexity index is 1160. The molecule has 146 valence electrons. The molecule has 2 aromatic heterocycles. The SMILES string of the molecule is O=C(Nn1ncc2ccccc21)c1cc(NCCc2ccccn2)c(F)cc1F. The standard InChI is InChI=1S/C21H17F2N5O/c22-17-12-18(23)19(25-10-8-15-6-3-4-9-24-15)11-16(17)21(29)27-28-20-7-2-1-5-14(20)13-26-28/h1-7,9,11-13,25H,8,10H2,(H,27,29). The van der Waals surface area contributed by atoms with E-state index in [0.717, 1.165) is 17.1 Å². The van der Waals surface area contributed by atoms with Gasteiger partial charge in [-0.15, -0.1) is 0 Å². The molecule has 29 heavy (non-hydrogen) atoms. The molecule has 0 unspecified atom stereocenters. The maximum absolute atomic E-state index is 14.2. The second-order valence-electron chi connectivity index (χ2n) is 6.37. The lowest BCUT2D eigenvalue weighted by molar-refractivity contribution is 0.100. The third-order valence-electron chi connectivity index (χ3n) is 4.41. The Kier molecular flexibility index (Phi) is 5.15. The minimum atomic E-state index is -0.952. The molecule has 0 aliphatic carbocycles. The van der Waals surface area contributed by atoms with E-state index in [4.69, 9.17) is 0 Å². The summed E-state index contributed by atoms with van der Waals surface area (Å²) in [5.41, 5.74) is 3.77. The van der Waals surface area contributed by atoms with Crippen molar-refractivity contribution in [1.29, 1.82) is 0 Å². The van der Waals surface area contributed by atoms with Crippen LogP contribution in [0.2, 0.25) is 0 Å². The van der Waals surface area contributed by atoms with Crippen molar-refractivity contribution in [2.24, 2.45) is 0 Å². The molecule has 8 heteroatoms. The number of halogens is 2. The smallest absolute Gasteiger partial charge is 0.274 e. The number of aromatic nitrogens is 3. The highest BCUT2D eigenvalue weighted by molar-refractivity contribution is 6.01. The van der Waals surface area contributed by atoms with Gasteiger partial charge in [0.15, 0.2) is 0 Å². The second kappa shape index (κ2) is 8.05. The monoisotopic (exact) mass is 393 g/mol. The van der Waals surface area contributed by atoms with Gasteiger partial charge in [-0.1, -0.05) is 24.3 Å². The lowest BCUT2D eigenvalue weighted by Gasteiger charge is -2.11. The van der Waals surface area contributed by atoms with Crippen molar-refractivity contribution in [2.75, 3.05) is 17.3 Å². The van der Waals surface area contributed by atoms with Crippen LogP contribution in [0, 0.1) is 11.6 Å². The molecule has 0 aliphatic heterocycles. The zero-order chi connectivity index (χ0) is 20.2. The second-order valence-corrected chi connectivity index (χ2v) is 6.37. The van der Waals surface area contributed by atoms with Crippen LogP contribution in [-0.2, 0) is 6.42 Å². The van der Waals surface area contributed by atoms with Crippen molar-refractivity contribution in [3.8, 4) is 0 Å². The molecule has 1 amide bonds. The fraction of sp³-hybridized carbons (Fsp3) is 0.0952. The molecule has 0 saturated carbocycles. The number of para-hydroxylation sites is 1. The lowest BCUT2D eigenvalue weighted by atomic mass is 10.1. The summed E-state index contributed by atoms with van der Waals surface area (Å²) < 4.78 is 28.4.